The van der Waals surface area contributed by atoms with E-state index < -0.39 is 30.8 Å². The number of hydrogen-bond acceptors (Lipinski definition) is 8. The first kappa shape index (κ1) is 41.0. The second-order valence-electron chi connectivity index (χ2n) is 12.3. The fraction of sp³-hybridized carbons (Fsp3) is 0.0952. The summed E-state index contributed by atoms with van der Waals surface area (Å²) in [6.07, 6.45) is 1.59. The summed E-state index contributed by atoms with van der Waals surface area (Å²) in [7, 11) is -7.82. The molecule has 0 fully saturated rings. The van der Waals surface area contributed by atoms with E-state index in [4.69, 9.17) is 11.6 Å². The first-order chi connectivity index (χ1) is 26.7. The molecule has 286 valence electrons. The van der Waals surface area contributed by atoms with Crippen molar-refractivity contribution in [3.8, 4) is 0 Å². The lowest BCUT2D eigenvalue weighted by Crippen LogP contribution is -2.16. The van der Waals surface area contributed by atoms with Crippen LogP contribution >= 0.6 is 11.6 Å². The average Bonchev–Trinajstić information content (AvgIpc) is 3.21. The van der Waals surface area contributed by atoms with E-state index in [1.54, 1.807) is 103 Å². The van der Waals surface area contributed by atoms with Gasteiger partial charge in [-0.15, -0.1) is 0 Å². The molecule has 0 radical (unpaired) electrons. The van der Waals surface area contributed by atoms with Crippen molar-refractivity contribution in [2.24, 2.45) is 0 Å². The highest BCUT2D eigenvalue weighted by Gasteiger charge is 2.23. The molecule has 6 aromatic rings. The Bertz CT molecular complexity index is 2590. The van der Waals surface area contributed by atoms with Crippen LogP contribution in [0.15, 0.2) is 155 Å². The van der Waals surface area contributed by atoms with Crippen LogP contribution in [0.25, 0.3) is 0 Å². The van der Waals surface area contributed by atoms with Gasteiger partial charge in [0.15, 0.2) is 11.6 Å². The van der Waals surface area contributed by atoms with Crippen LogP contribution in [-0.2, 0) is 32.9 Å². The number of halogens is 1. The number of nitrogens with one attached hydrogen (secondary N) is 2. The molecule has 0 aliphatic carbocycles. The number of benzene rings is 6. The number of sulfonamides is 2. The Kier molecular flexibility index (Phi) is 13.2. The summed E-state index contributed by atoms with van der Waals surface area (Å²) in [6, 6.07) is 37.8. The first-order valence-electron chi connectivity index (χ1n) is 17.2. The molecule has 14 heteroatoms. The first-order valence-corrected chi connectivity index (χ1v) is 20.6. The van der Waals surface area contributed by atoms with Gasteiger partial charge >= 0.3 is 0 Å². The van der Waals surface area contributed by atoms with Gasteiger partial charge in [-0.05, 0) is 72.5 Å². The van der Waals surface area contributed by atoms with Crippen LogP contribution in [0.2, 0.25) is 5.02 Å². The molecular formula is C42H36ClN3O8S2. The number of nitro benzene ring substituents is 1. The van der Waals surface area contributed by atoms with Gasteiger partial charge in [-0.3, -0.25) is 29.1 Å². The number of rotatable bonds is 13. The van der Waals surface area contributed by atoms with Crippen molar-refractivity contribution in [1.29, 1.82) is 0 Å². The summed E-state index contributed by atoms with van der Waals surface area (Å²) in [5, 5.41) is 11.5. The molecule has 0 saturated carbocycles. The lowest BCUT2D eigenvalue weighted by Gasteiger charge is -2.13. The van der Waals surface area contributed by atoms with Crippen LogP contribution in [0.1, 0.15) is 56.8 Å². The molecule has 0 saturated heterocycles. The van der Waals surface area contributed by atoms with Crippen molar-refractivity contribution in [2.75, 3.05) is 9.44 Å². The van der Waals surface area contributed by atoms with E-state index in [2.05, 4.69) is 9.44 Å². The van der Waals surface area contributed by atoms with Crippen molar-refractivity contribution < 1.29 is 31.3 Å². The molecule has 0 spiro atoms. The van der Waals surface area contributed by atoms with Crippen molar-refractivity contribution >= 4 is 60.3 Å². The molecule has 0 amide bonds. The van der Waals surface area contributed by atoms with Gasteiger partial charge in [0.2, 0.25) is 0 Å². The molecule has 0 aliphatic heterocycles. The number of non-ortho nitro benzene ring substituents is 1. The number of nitrogens with zero attached hydrogens (tertiary/aromatic N) is 1. The van der Waals surface area contributed by atoms with Gasteiger partial charge in [-0.25, -0.2) is 16.8 Å². The Morgan fingerprint density at radius 3 is 1.36 bits per heavy atom. The quantitative estimate of drug-likeness (QED) is 0.0661. The highest BCUT2D eigenvalue weighted by molar-refractivity contribution is 7.93. The molecule has 6 rings (SSSR count). The highest BCUT2D eigenvalue weighted by Crippen LogP contribution is 2.28. The molecule has 0 heterocycles. The third-order valence-electron chi connectivity index (χ3n) is 8.53. The van der Waals surface area contributed by atoms with E-state index in [0.29, 0.717) is 16.1 Å². The zero-order valence-electron chi connectivity index (χ0n) is 30.2. The minimum Gasteiger partial charge on any atom is -0.289 e. The fourth-order valence-electron chi connectivity index (χ4n) is 5.42. The molecule has 0 bridgehead atoms. The number of carbonyl (C=O) groups excluding carboxylic acids is 2. The van der Waals surface area contributed by atoms with Gasteiger partial charge in [0, 0.05) is 33.8 Å². The number of anilines is 2. The van der Waals surface area contributed by atoms with Crippen molar-refractivity contribution in [2.45, 2.75) is 36.5 Å². The monoisotopic (exact) mass is 809 g/mol. The Morgan fingerprint density at radius 2 is 0.964 bits per heavy atom. The van der Waals surface area contributed by atoms with Gasteiger partial charge in [-0.1, -0.05) is 110 Å². The molecule has 6 aromatic carbocycles. The Balaban J connectivity index is 0.000000215. The third-order valence-corrected chi connectivity index (χ3v) is 11.5. The highest BCUT2D eigenvalue weighted by atomic mass is 35.5. The standard InChI is InChI=1S/C21H18ClNO3S.C21H18N2O5S/c1-2-15-8-11-18(12-9-15)27(25,26)23-20-13-10-17(22)14-19(20)21(24)16-6-4-3-5-7-16;1-2-15-8-11-18(12-9-15)29(27,28)22-20-13-10-17(23(25)26)14-19(20)21(24)16-6-4-3-5-7-16/h3-14,23H,2H2,1H3;3-14,22H,2H2,1H3. The fourth-order valence-corrected chi connectivity index (χ4v) is 7.75. The van der Waals surface area contributed by atoms with E-state index in [9.17, 15) is 36.5 Å². The predicted octanol–water partition coefficient (Wildman–Crippen LogP) is 9.12. The third kappa shape index (κ3) is 10.1. The van der Waals surface area contributed by atoms with Gasteiger partial charge in [0.05, 0.1) is 31.7 Å². The maximum Gasteiger partial charge on any atom is 0.270 e. The second-order valence-corrected chi connectivity index (χ2v) is 16.1. The Morgan fingerprint density at radius 1 is 0.571 bits per heavy atom. The number of carbonyl (C=O) groups is 2. The largest absolute Gasteiger partial charge is 0.289 e. The lowest BCUT2D eigenvalue weighted by atomic mass is 10.0. The number of hydrogen-bond donors (Lipinski definition) is 2. The minimum atomic E-state index is -3.98. The van der Waals surface area contributed by atoms with Crippen LogP contribution in [0, 0.1) is 10.1 Å². The van der Waals surface area contributed by atoms with E-state index in [0.717, 1.165) is 36.1 Å². The topological polar surface area (TPSA) is 170 Å². The molecule has 0 atom stereocenters. The summed E-state index contributed by atoms with van der Waals surface area (Å²) in [5.74, 6) is -0.828. The van der Waals surface area contributed by atoms with Gasteiger partial charge in [0.25, 0.3) is 25.7 Å². The zero-order chi connectivity index (χ0) is 40.5. The van der Waals surface area contributed by atoms with E-state index >= 15 is 0 Å². The van der Waals surface area contributed by atoms with Crippen molar-refractivity contribution in [1.82, 2.24) is 0 Å². The SMILES string of the molecule is CCc1ccc(S(=O)(=O)Nc2ccc(Cl)cc2C(=O)c2ccccc2)cc1.CCc1ccc(S(=O)(=O)Nc2ccc([N+](=O)[O-])cc2C(=O)c2ccccc2)cc1. The average molecular weight is 810 g/mol. The van der Waals surface area contributed by atoms with Crippen LogP contribution in [-0.4, -0.2) is 33.3 Å². The molecular weight excluding hydrogens is 774 g/mol. The number of nitro groups is 1. The summed E-state index contributed by atoms with van der Waals surface area (Å²) >= 11 is 6.04. The van der Waals surface area contributed by atoms with Crippen LogP contribution in [0.4, 0.5) is 17.1 Å². The van der Waals surface area contributed by atoms with Crippen molar-refractivity contribution in [3.63, 3.8) is 0 Å². The van der Waals surface area contributed by atoms with Crippen LogP contribution < -0.4 is 9.44 Å². The summed E-state index contributed by atoms with van der Waals surface area (Å²) in [4.78, 5) is 36.4. The van der Waals surface area contributed by atoms with Crippen LogP contribution in [0.5, 0.6) is 0 Å². The lowest BCUT2D eigenvalue weighted by molar-refractivity contribution is -0.384. The number of ketones is 2. The van der Waals surface area contributed by atoms with Gasteiger partial charge in [-0.2, -0.15) is 0 Å². The van der Waals surface area contributed by atoms with Gasteiger partial charge < -0.3 is 0 Å². The normalized spacial score (nSPS) is 11.1. The van der Waals surface area contributed by atoms with E-state index in [1.807, 2.05) is 13.8 Å². The molecule has 11 nitrogen and oxygen atoms in total. The molecule has 0 aliphatic rings. The smallest absolute Gasteiger partial charge is 0.270 e. The summed E-state index contributed by atoms with van der Waals surface area (Å²) in [5.41, 5.74) is 2.73. The zero-order valence-corrected chi connectivity index (χ0v) is 32.6. The van der Waals surface area contributed by atoms with Crippen LogP contribution in [0.3, 0.4) is 0 Å². The van der Waals surface area contributed by atoms with Crippen molar-refractivity contribution in [3.05, 3.63) is 194 Å². The van der Waals surface area contributed by atoms with E-state index in [1.165, 1.54) is 30.3 Å². The van der Waals surface area contributed by atoms with Gasteiger partial charge in [0.1, 0.15) is 0 Å². The Hall–Kier alpha value is -6.15. The molecule has 2 N–H and O–H groups in total. The minimum absolute atomic E-state index is 0.0241. The Labute approximate surface area is 330 Å². The predicted molar refractivity (Wildman–Crippen MR) is 218 cm³/mol. The summed E-state index contributed by atoms with van der Waals surface area (Å²) in [6.45, 7) is 3.96. The summed E-state index contributed by atoms with van der Waals surface area (Å²) < 4.78 is 55.9. The second kappa shape index (κ2) is 18.0. The molecule has 0 aromatic heterocycles. The number of aryl methyl sites for hydroxylation is 2. The molecule has 56 heavy (non-hydrogen) atoms. The molecule has 0 unspecified atom stereocenters. The van der Waals surface area contributed by atoms with E-state index in [-0.39, 0.29) is 43.8 Å². The maximum absolute atomic E-state index is 12.9. The maximum atomic E-state index is 12.9.